The summed E-state index contributed by atoms with van der Waals surface area (Å²) in [6, 6.07) is 15.4. The average Bonchev–Trinajstić information content (AvgIpc) is 3.51. The van der Waals surface area contributed by atoms with Crippen molar-refractivity contribution in [3.05, 3.63) is 89.3 Å². The number of carbonyl (C=O) groups is 2. The molecule has 4 aromatic rings. The Bertz CT molecular complexity index is 1360. The summed E-state index contributed by atoms with van der Waals surface area (Å²) in [7, 11) is 3.75. The Labute approximate surface area is 205 Å². The number of para-hydroxylation sites is 1. The molecule has 0 radical (unpaired) electrons. The number of likely N-dealkylation sites (tertiary alicyclic amines) is 1. The molecule has 1 aliphatic rings. The molecule has 0 spiro atoms. The van der Waals surface area contributed by atoms with E-state index in [0.29, 0.717) is 25.2 Å². The number of aryl methyl sites for hydroxylation is 2. The van der Waals surface area contributed by atoms with Crippen molar-refractivity contribution >= 4 is 22.7 Å². The number of furan rings is 1. The summed E-state index contributed by atoms with van der Waals surface area (Å²) in [5.41, 5.74) is 4.14. The highest BCUT2D eigenvalue weighted by molar-refractivity contribution is 6.07. The van der Waals surface area contributed by atoms with Crippen LogP contribution in [0.15, 0.2) is 65.4 Å². The number of amides is 2. The lowest BCUT2D eigenvalue weighted by Crippen LogP contribution is -2.38. The number of fused-ring (bicyclic) bond motifs is 1. The van der Waals surface area contributed by atoms with Crippen molar-refractivity contribution < 1.29 is 14.0 Å². The summed E-state index contributed by atoms with van der Waals surface area (Å²) in [4.78, 5) is 35.1. The second kappa shape index (κ2) is 9.41. The van der Waals surface area contributed by atoms with Crippen LogP contribution in [0.3, 0.4) is 0 Å². The van der Waals surface area contributed by atoms with Crippen molar-refractivity contribution in [1.82, 2.24) is 19.4 Å². The molecule has 35 heavy (non-hydrogen) atoms. The third-order valence-corrected chi connectivity index (χ3v) is 6.91. The quantitative estimate of drug-likeness (QED) is 0.421. The highest BCUT2D eigenvalue weighted by Gasteiger charge is 2.30. The first-order chi connectivity index (χ1) is 16.9. The molecule has 2 amide bonds. The van der Waals surface area contributed by atoms with E-state index in [0.717, 1.165) is 46.5 Å². The second-order valence-corrected chi connectivity index (χ2v) is 9.36. The number of piperidine rings is 1. The van der Waals surface area contributed by atoms with Gasteiger partial charge in [0.15, 0.2) is 0 Å². The molecule has 0 atom stereocenters. The first-order valence-corrected chi connectivity index (χ1v) is 12.0. The third kappa shape index (κ3) is 4.46. The van der Waals surface area contributed by atoms with Gasteiger partial charge in [-0.25, -0.2) is 0 Å². The van der Waals surface area contributed by atoms with Gasteiger partial charge in [-0.1, -0.05) is 18.2 Å². The minimum absolute atomic E-state index is 0.0620. The molecule has 7 heteroatoms. The van der Waals surface area contributed by atoms with Crippen LogP contribution in [-0.2, 0) is 13.6 Å². The fraction of sp³-hybridized carbons (Fsp3) is 0.321. The van der Waals surface area contributed by atoms with Crippen LogP contribution in [0.4, 0.5) is 0 Å². The van der Waals surface area contributed by atoms with Gasteiger partial charge in [-0.3, -0.25) is 14.6 Å². The van der Waals surface area contributed by atoms with Crippen molar-refractivity contribution in [2.75, 3.05) is 20.1 Å². The molecule has 3 aromatic heterocycles. The van der Waals surface area contributed by atoms with E-state index in [4.69, 9.17) is 9.40 Å². The Hall–Kier alpha value is -3.87. The van der Waals surface area contributed by atoms with Crippen LogP contribution in [0.5, 0.6) is 0 Å². The summed E-state index contributed by atoms with van der Waals surface area (Å²) < 4.78 is 7.41. The van der Waals surface area contributed by atoms with Gasteiger partial charge in [-0.15, -0.1) is 0 Å². The van der Waals surface area contributed by atoms with E-state index in [-0.39, 0.29) is 17.7 Å². The van der Waals surface area contributed by atoms with Gasteiger partial charge in [-0.2, -0.15) is 0 Å². The van der Waals surface area contributed by atoms with Gasteiger partial charge in [0.1, 0.15) is 5.76 Å². The Morgan fingerprint density at radius 2 is 1.83 bits per heavy atom. The van der Waals surface area contributed by atoms with Crippen molar-refractivity contribution in [2.45, 2.75) is 32.2 Å². The Morgan fingerprint density at radius 1 is 1.06 bits per heavy atom. The molecule has 0 unspecified atom stereocenters. The van der Waals surface area contributed by atoms with Crippen LogP contribution >= 0.6 is 0 Å². The van der Waals surface area contributed by atoms with E-state index < -0.39 is 0 Å². The molecular weight excluding hydrogens is 440 g/mol. The molecule has 1 aromatic carbocycles. The van der Waals surface area contributed by atoms with Crippen LogP contribution < -0.4 is 0 Å². The van der Waals surface area contributed by atoms with E-state index in [1.807, 2.05) is 78.2 Å². The predicted octanol–water partition coefficient (Wildman–Crippen LogP) is 4.77. The molecule has 7 nitrogen and oxygen atoms in total. The molecular formula is C28H30N4O3. The van der Waals surface area contributed by atoms with Crippen molar-refractivity contribution in [1.29, 1.82) is 0 Å². The maximum absolute atomic E-state index is 13.4. The highest BCUT2D eigenvalue weighted by Crippen LogP contribution is 2.31. The number of carbonyl (C=O) groups excluding carboxylic acids is 2. The summed E-state index contributed by atoms with van der Waals surface area (Å²) in [6.07, 6.45) is 5.08. The largest absolute Gasteiger partial charge is 0.467 e. The lowest BCUT2D eigenvalue weighted by Gasteiger charge is -2.32. The minimum atomic E-state index is -0.0711. The lowest BCUT2D eigenvalue weighted by atomic mass is 9.89. The fourth-order valence-electron chi connectivity index (χ4n) is 5.02. The molecule has 5 rings (SSSR count). The molecule has 1 fully saturated rings. The van der Waals surface area contributed by atoms with E-state index >= 15 is 0 Å². The number of aromatic nitrogens is 2. The first kappa shape index (κ1) is 22.9. The number of nitrogens with zero attached hydrogens (tertiary/aromatic N) is 4. The number of hydrogen-bond acceptors (Lipinski definition) is 4. The molecule has 1 saturated heterocycles. The van der Waals surface area contributed by atoms with Gasteiger partial charge in [-0.05, 0) is 50.1 Å². The van der Waals surface area contributed by atoms with Crippen molar-refractivity contribution in [3.8, 4) is 0 Å². The smallest absolute Gasteiger partial charge is 0.256 e. The average molecular weight is 471 g/mol. The Balaban J connectivity index is 1.32. The van der Waals surface area contributed by atoms with Gasteiger partial charge >= 0.3 is 0 Å². The molecule has 0 aliphatic carbocycles. The SMILES string of the molecule is Cc1ccc(C(=O)N(C)Cc2ccco2)c(C2CCN(C(=O)c3cn(C)c4ccccc34)CC2)n1. The van der Waals surface area contributed by atoms with Gasteiger partial charge in [0.25, 0.3) is 11.8 Å². The van der Waals surface area contributed by atoms with Crippen LogP contribution in [-0.4, -0.2) is 51.3 Å². The van der Waals surface area contributed by atoms with Gasteiger partial charge in [0.05, 0.1) is 29.6 Å². The maximum Gasteiger partial charge on any atom is 0.256 e. The zero-order valence-corrected chi connectivity index (χ0v) is 20.4. The molecule has 4 heterocycles. The molecule has 0 saturated carbocycles. The summed E-state index contributed by atoms with van der Waals surface area (Å²) >= 11 is 0. The molecule has 1 aliphatic heterocycles. The number of hydrogen-bond donors (Lipinski definition) is 0. The number of pyridine rings is 1. The van der Waals surface area contributed by atoms with Crippen molar-refractivity contribution in [3.63, 3.8) is 0 Å². The third-order valence-electron chi connectivity index (χ3n) is 6.91. The van der Waals surface area contributed by atoms with Gasteiger partial charge in [0.2, 0.25) is 0 Å². The highest BCUT2D eigenvalue weighted by atomic mass is 16.3. The fourth-order valence-corrected chi connectivity index (χ4v) is 5.02. The first-order valence-electron chi connectivity index (χ1n) is 12.0. The Morgan fingerprint density at radius 3 is 2.57 bits per heavy atom. The lowest BCUT2D eigenvalue weighted by molar-refractivity contribution is 0.0707. The van der Waals surface area contributed by atoms with Gasteiger partial charge < -0.3 is 18.8 Å². The van der Waals surface area contributed by atoms with Crippen LogP contribution in [0, 0.1) is 6.92 Å². The normalized spacial score (nSPS) is 14.4. The Kier molecular flexibility index (Phi) is 6.16. The van der Waals surface area contributed by atoms with Crippen LogP contribution in [0.1, 0.15) is 56.6 Å². The maximum atomic E-state index is 13.4. The van der Waals surface area contributed by atoms with E-state index in [9.17, 15) is 9.59 Å². The topological polar surface area (TPSA) is 71.6 Å². The second-order valence-electron chi connectivity index (χ2n) is 9.36. The molecule has 0 bridgehead atoms. The zero-order valence-electron chi connectivity index (χ0n) is 20.4. The van der Waals surface area contributed by atoms with E-state index in [1.54, 1.807) is 18.2 Å². The van der Waals surface area contributed by atoms with Crippen LogP contribution in [0.2, 0.25) is 0 Å². The minimum Gasteiger partial charge on any atom is -0.467 e. The van der Waals surface area contributed by atoms with Crippen LogP contribution in [0.25, 0.3) is 10.9 Å². The van der Waals surface area contributed by atoms with Gasteiger partial charge in [0, 0.05) is 55.9 Å². The summed E-state index contributed by atoms with van der Waals surface area (Å²) in [5, 5.41) is 0.981. The van der Waals surface area contributed by atoms with E-state index in [1.165, 1.54) is 0 Å². The summed E-state index contributed by atoms with van der Waals surface area (Å²) in [6.45, 7) is 3.62. The summed E-state index contributed by atoms with van der Waals surface area (Å²) in [5.74, 6) is 0.857. The van der Waals surface area contributed by atoms with Crippen molar-refractivity contribution in [2.24, 2.45) is 7.05 Å². The predicted molar refractivity (Wildman–Crippen MR) is 134 cm³/mol. The zero-order chi connectivity index (χ0) is 24.5. The number of benzene rings is 1. The standard InChI is InChI=1S/C28H30N4O3/c1-19-10-11-23(27(33)31(3)17-21-7-6-16-35-21)26(29-19)20-12-14-32(15-13-20)28(34)24-18-30(2)25-9-5-4-8-22(24)25/h4-11,16,18,20H,12-15,17H2,1-3H3. The monoisotopic (exact) mass is 470 g/mol. The molecule has 180 valence electrons. The van der Waals surface area contributed by atoms with E-state index in [2.05, 4.69) is 0 Å². The number of rotatable bonds is 5. The molecule has 0 N–H and O–H groups in total.